The van der Waals surface area contributed by atoms with E-state index in [4.69, 9.17) is 4.74 Å². The fraction of sp³-hybridized carbons (Fsp3) is 0.583. The smallest absolute Gasteiger partial charge is 0.218 e. The number of rotatable bonds is 4. The first-order chi connectivity index (χ1) is 8.25. The van der Waals surface area contributed by atoms with Crippen molar-refractivity contribution in [3.8, 4) is 5.88 Å². The van der Waals surface area contributed by atoms with Gasteiger partial charge in [-0.25, -0.2) is 9.37 Å². The fourth-order valence-electron chi connectivity index (χ4n) is 1.32. The minimum absolute atomic E-state index is 0.316. The molecule has 6 heteroatoms. The zero-order chi connectivity index (χ0) is 13.9. The second-order valence-corrected chi connectivity index (χ2v) is 6.97. The molecule has 0 saturated heterocycles. The molecule has 1 aromatic rings. The molecule has 102 valence electrons. The maximum atomic E-state index is 13.2. The van der Waals surface area contributed by atoms with Crippen LogP contribution in [-0.2, 0) is 11.4 Å². The van der Waals surface area contributed by atoms with Gasteiger partial charge < -0.3 is 9.29 Å². The van der Waals surface area contributed by atoms with Crippen molar-refractivity contribution in [3.05, 3.63) is 23.6 Å². The van der Waals surface area contributed by atoms with Gasteiger partial charge in [0, 0.05) is 16.9 Å². The predicted molar refractivity (Wildman–Crippen MR) is 70.2 cm³/mol. The number of hydrogen-bond donors (Lipinski definition) is 1. The molecule has 0 bridgehead atoms. The van der Waals surface area contributed by atoms with Gasteiger partial charge in [0.1, 0.15) is 10.6 Å². The highest BCUT2D eigenvalue weighted by molar-refractivity contribution is 7.90. The Hall–Kier alpha value is -0.850. The van der Waals surface area contributed by atoms with E-state index in [0.717, 1.165) is 6.20 Å². The lowest BCUT2D eigenvalue weighted by Crippen LogP contribution is -2.40. The van der Waals surface area contributed by atoms with Crippen LogP contribution in [0.3, 0.4) is 0 Å². The standard InChI is InChI=1S/C12H19FN2O2S/c1-8(15-18(16)12(2,3)4)10-6-9(13)7-14-11(10)17-5/h6-8,15H,1-5H3. The number of halogens is 1. The summed E-state index contributed by atoms with van der Waals surface area (Å²) in [5.74, 6) is -0.108. The van der Waals surface area contributed by atoms with Gasteiger partial charge in [-0.3, -0.25) is 0 Å². The molecule has 18 heavy (non-hydrogen) atoms. The van der Waals surface area contributed by atoms with Crippen LogP contribution in [-0.4, -0.2) is 21.4 Å². The second kappa shape index (κ2) is 5.86. The van der Waals surface area contributed by atoms with Crippen LogP contribution in [0.5, 0.6) is 5.88 Å². The van der Waals surface area contributed by atoms with Gasteiger partial charge in [-0.1, -0.05) is 0 Å². The van der Waals surface area contributed by atoms with Gasteiger partial charge in [0.05, 0.1) is 19.3 Å². The highest BCUT2D eigenvalue weighted by Crippen LogP contribution is 2.25. The summed E-state index contributed by atoms with van der Waals surface area (Å²) in [5, 5.41) is 0. The van der Waals surface area contributed by atoms with Gasteiger partial charge in [0.15, 0.2) is 0 Å². The topological polar surface area (TPSA) is 57.2 Å². The number of hydrogen-bond acceptors (Lipinski definition) is 4. The Labute approximate surface area is 110 Å². The molecule has 0 radical (unpaired) electrons. The first-order valence-corrected chi connectivity index (χ1v) is 6.78. The third-order valence-electron chi connectivity index (χ3n) is 2.35. The molecular formula is C12H19FN2O2S. The summed E-state index contributed by atoms with van der Waals surface area (Å²) in [5.41, 5.74) is 0.551. The van der Waals surface area contributed by atoms with E-state index in [1.807, 2.05) is 20.8 Å². The van der Waals surface area contributed by atoms with E-state index in [-0.39, 0.29) is 10.8 Å². The van der Waals surface area contributed by atoms with Crippen LogP contribution in [0.2, 0.25) is 0 Å². The SMILES string of the molecule is COc1ncc(F)cc1C(C)N[S+]([O-])C(C)(C)C. The zero-order valence-electron chi connectivity index (χ0n) is 11.3. The van der Waals surface area contributed by atoms with Gasteiger partial charge in [0.25, 0.3) is 0 Å². The molecule has 0 aliphatic rings. The van der Waals surface area contributed by atoms with E-state index in [1.54, 1.807) is 6.92 Å². The summed E-state index contributed by atoms with van der Waals surface area (Å²) < 4.78 is 32.8. The van der Waals surface area contributed by atoms with Crippen molar-refractivity contribution in [1.82, 2.24) is 9.71 Å². The summed E-state index contributed by atoms with van der Waals surface area (Å²) in [6, 6.07) is 1.02. The Morgan fingerprint density at radius 3 is 2.61 bits per heavy atom. The van der Waals surface area contributed by atoms with Gasteiger partial charge in [-0.15, -0.1) is 4.72 Å². The molecule has 1 aromatic heterocycles. The van der Waals surface area contributed by atoms with Crippen LogP contribution in [0.1, 0.15) is 39.3 Å². The quantitative estimate of drug-likeness (QED) is 0.856. The van der Waals surface area contributed by atoms with Gasteiger partial charge >= 0.3 is 0 Å². The molecule has 1 rings (SSSR count). The van der Waals surface area contributed by atoms with Gasteiger partial charge in [0.2, 0.25) is 5.88 Å². The van der Waals surface area contributed by atoms with Crippen molar-refractivity contribution < 1.29 is 13.7 Å². The first-order valence-electron chi connectivity index (χ1n) is 5.63. The molecular weight excluding hydrogens is 255 g/mol. The monoisotopic (exact) mass is 274 g/mol. The lowest BCUT2D eigenvalue weighted by atomic mass is 10.1. The van der Waals surface area contributed by atoms with E-state index in [2.05, 4.69) is 9.71 Å². The first kappa shape index (κ1) is 15.2. The Morgan fingerprint density at radius 1 is 1.50 bits per heavy atom. The van der Waals surface area contributed by atoms with E-state index in [0.29, 0.717) is 11.4 Å². The number of ether oxygens (including phenoxy) is 1. The molecule has 0 aliphatic carbocycles. The molecule has 2 unspecified atom stereocenters. The number of nitrogens with zero attached hydrogens (tertiary/aromatic N) is 1. The van der Waals surface area contributed by atoms with Crippen molar-refractivity contribution in [2.75, 3.05) is 7.11 Å². The minimum Gasteiger partial charge on any atom is -0.598 e. The van der Waals surface area contributed by atoms with E-state index >= 15 is 0 Å². The molecule has 0 aliphatic heterocycles. The van der Waals surface area contributed by atoms with Crippen LogP contribution < -0.4 is 9.46 Å². The molecule has 1 N–H and O–H groups in total. The lowest BCUT2D eigenvalue weighted by molar-refractivity contribution is 0.385. The molecule has 0 saturated carbocycles. The molecule has 0 amide bonds. The maximum absolute atomic E-state index is 13.2. The average Bonchev–Trinajstić information content (AvgIpc) is 2.27. The number of aromatic nitrogens is 1. The lowest BCUT2D eigenvalue weighted by Gasteiger charge is -2.26. The highest BCUT2D eigenvalue weighted by atomic mass is 32.2. The van der Waals surface area contributed by atoms with Crippen molar-refractivity contribution in [2.24, 2.45) is 0 Å². The number of methoxy groups -OCH3 is 1. The highest BCUT2D eigenvalue weighted by Gasteiger charge is 2.29. The second-order valence-electron chi connectivity index (χ2n) is 4.97. The van der Waals surface area contributed by atoms with E-state index < -0.39 is 17.2 Å². The Kier molecular flexibility index (Phi) is 4.95. The Balaban J connectivity index is 2.90. The van der Waals surface area contributed by atoms with Crippen LogP contribution in [0.15, 0.2) is 12.3 Å². The van der Waals surface area contributed by atoms with Gasteiger partial charge in [-0.2, -0.15) is 0 Å². The van der Waals surface area contributed by atoms with Crippen LogP contribution in [0.25, 0.3) is 0 Å². The summed E-state index contributed by atoms with van der Waals surface area (Å²) >= 11 is -1.24. The van der Waals surface area contributed by atoms with E-state index in [1.165, 1.54) is 13.2 Å². The van der Waals surface area contributed by atoms with Crippen molar-refractivity contribution >= 4 is 11.4 Å². The zero-order valence-corrected chi connectivity index (χ0v) is 12.1. The van der Waals surface area contributed by atoms with Crippen LogP contribution >= 0.6 is 0 Å². The Bertz CT molecular complexity index is 410. The molecule has 2 atom stereocenters. The van der Waals surface area contributed by atoms with Crippen molar-refractivity contribution in [1.29, 1.82) is 0 Å². The third kappa shape index (κ3) is 3.83. The molecule has 4 nitrogen and oxygen atoms in total. The fourth-order valence-corrected chi connectivity index (χ4v) is 2.13. The number of nitrogens with one attached hydrogen (secondary N) is 1. The Morgan fingerprint density at radius 2 is 2.11 bits per heavy atom. The number of pyridine rings is 1. The van der Waals surface area contributed by atoms with Crippen LogP contribution in [0.4, 0.5) is 4.39 Å². The summed E-state index contributed by atoms with van der Waals surface area (Å²) in [6.07, 6.45) is 1.09. The summed E-state index contributed by atoms with van der Waals surface area (Å²) in [6.45, 7) is 7.39. The normalized spacial score (nSPS) is 15.3. The third-order valence-corrected chi connectivity index (χ3v) is 4.03. The molecule has 1 heterocycles. The maximum Gasteiger partial charge on any atom is 0.218 e. The predicted octanol–water partition coefficient (Wildman–Crippen LogP) is 2.34. The molecule has 0 spiro atoms. The molecule has 0 aromatic carbocycles. The van der Waals surface area contributed by atoms with Crippen molar-refractivity contribution in [2.45, 2.75) is 38.5 Å². The van der Waals surface area contributed by atoms with Gasteiger partial charge in [-0.05, 0) is 33.8 Å². The minimum atomic E-state index is -1.24. The van der Waals surface area contributed by atoms with Crippen molar-refractivity contribution in [3.63, 3.8) is 0 Å². The molecule has 0 fully saturated rings. The van der Waals surface area contributed by atoms with Crippen LogP contribution in [0, 0.1) is 5.82 Å². The average molecular weight is 274 g/mol. The largest absolute Gasteiger partial charge is 0.598 e. The van der Waals surface area contributed by atoms with E-state index in [9.17, 15) is 8.94 Å². The summed E-state index contributed by atoms with van der Waals surface area (Å²) in [7, 11) is 1.47. The summed E-state index contributed by atoms with van der Waals surface area (Å²) in [4.78, 5) is 3.85.